The van der Waals surface area contributed by atoms with Crippen molar-refractivity contribution in [3.63, 3.8) is 0 Å². The third-order valence-corrected chi connectivity index (χ3v) is 3.64. The first-order valence-corrected chi connectivity index (χ1v) is 6.17. The van der Waals surface area contributed by atoms with Gasteiger partial charge in [-0.05, 0) is 29.3 Å². The summed E-state index contributed by atoms with van der Waals surface area (Å²) in [6.07, 6.45) is 0.884. The maximum absolute atomic E-state index is 11.3. The molecule has 14 heavy (non-hydrogen) atoms. The molecule has 1 aliphatic rings. The molecule has 0 aliphatic heterocycles. The van der Waals surface area contributed by atoms with Crippen molar-refractivity contribution in [3.05, 3.63) is 15.0 Å². The summed E-state index contributed by atoms with van der Waals surface area (Å²) in [5.74, 6) is 0.252. The molecule has 0 bridgehead atoms. The van der Waals surface area contributed by atoms with E-state index in [2.05, 4.69) is 20.9 Å². The molecule has 0 saturated heterocycles. The normalized spacial score (nSPS) is 24.7. The summed E-state index contributed by atoms with van der Waals surface area (Å²) in [7, 11) is 0. The zero-order valence-corrected chi connectivity index (χ0v) is 10.1. The molecule has 1 fully saturated rings. The topological polar surface area (TPSA) is 39.2 Å². The maximum Gasteiger partial charge on any atom is 0.309 e. The Hall–Kier alpha value is -0.420. The van der Waals surface area contributed by atoms with Gasteiger partial charge in [-0.15, -0.1) is 11.3 Å². The van der Waals surface area contributed by atoms with Gasteiger partial charge in [0.2, 0.25) is 0 Å². The second kappa shape index (κ2) is 3.98. The van der Waals surface area contributed by atoms with Crippen LogP contribution in [-0.4, -0.2) is 17.6 Å². The molecule has 5 heteroatoms. The highest BCUT2D eigenvalue weighted by atomic mass is 79.9. The number of esters is 1. The predicted octanol–water partition coefficient (Wildman–Crippen LogP) is 2.57. The number of ether oxygens (including phenoxy) is 1. The molecule has 1 aromatic heterocycles. The first kappa shape index (κ1) is 10.1. The third kappa shape index (κ3) is 1.98. The van der Waals surface area contributed by atoms with Gasteiger partial charge in [-0.25, -0.2) is 4.98 Å². The van der Waals surface area contributed by atoms with Gasteiger partial charge in [0, 0.05) is 11.3 Å². The van der Waals surface area contributed by atoms with Crippen LogP contribution in [-0.2, 0) is 9.53 Å². The lowest BCUT2D eigenvalue weighted by Gasteiger charge is -1.98. The summed E-state index contributed by atoms with van der Waals surface area (Å²) >= 11 is 4.86. The van der Waals surface area contributed by atoms with Crippen molar-refractivity contribution in [1.82, 2.24) is 4.98 Å². The molecular formula is C9H10BrNO2S. The van der Waals surface area contributed by atoms with Crippen LogP contribution in [0, 0.1) is 5.92 Å². The molecule has 0 aromatic carbocycles. The van der Waals surface area contributed by atoms with Crippen molar-refractivity contribution in [2.75, 3.05) is 6.61 Å². The van der Waals surface area contributed by atoms with Crippen molar-refractivity contribution >= 4 is 33.2 Å². The van der Waals surface area contributed by atoms with E-state index in [9.17, 15) is 4.79 Å². The molecule has 0 unspecified atom stereocenters. The Morgan fingerprint density at radius 2 is 2.64 bits per heavy atom. The molecule has 1 aliphatic carbocycles. The van der Waals surface area contributed by atoms with Gasteiger partial charge in [-0.2, -0.15) is 0 Å². The smallest absolute Gasteiger partial charge is 0.309 e. The van der Waals surface area contributed by atoms with Crippen LogP contribution in [0.25, 0.3) is 0 Å². The van der Waals surface area contributed by atoms with Crippen LogP contribution in [0.15, 0.2) is 9.30 Å². The van der Waals surface area contributed by atoms with Crippen molar-refractivity contribution in [1.29, 1.82) is 0 Å². The second-order valence-corrected chi connectivity index (χ2v) is 5.36. The molecule has 2 atom stereocenters. The summed E-state index contributed by atoms with van der Waals surface area (Å²) in [6, 6.07) is 0. The lowest BCUT2D eigenvalue weighted by molar-refractivity contribution is -0.144. The van der Waals surface area contributed by atoms with Crippen LogP contribution in [0.3, 0.4) is 0 Å². The van der Waals surface area contributed by atoms with E-state index in [0.29, 0.717) is 6.61 Å². The Morgan fingerprint density at radius 3 is 3.21 bits per heavy atom. The lowest BCUT2D eigenvalue weighted by atomic mass is 10.2. The Balaban J connectivity index is 1.96. The Morgan fingerprint density at radius 1 is 1.86 bits per heavy atom. The molecule has 1 heterocycles. The summed E-state index contributed by atoms with van der Waals surface area (Å²) in [4.78, 5) is 15.6. The first-order valence-electron chi connectivity index (χ1n) is 4.50. The Bertz CT molecular complexity index is 352. The van der Waals surface area contributed by atoms with Gasteiger partial charge < -0.3 is 4.74 Å². The van der Waals surface area contributed by atoms with E-state index < -0.39 is 0 Å². The van der Waals surface area contributed by atoms with E-state index >= 15 is 0 Å². The fourth-order valence-electron chi connectivity index (χ4n) is 1.47. The molecule has 0 N–H and O–H groups in total. The molecule has 2 rings (SSSR count). The monoisotopic (exact) mass is 275 g/mol. The van der Waals surface area contributed by atoms with E-state index in [-0.39, 0.29) is 17.8 Å². The summed E-state index contributed by atoms with van der Waals surface area (Å²) in [5.41, 5.74) is 1.01. The first-order chi connectivity index (χ1) is 6.72. The number of aromatic nitrogens is 1. The van der Waals surface area contributed by atoms with Gasteiger partial charge in [-0.3, -0.25) is 4.79 Å². The molecule has 0 spiro atoms. The van der Waals surface area contributed by atoms with Crippen LogP contribution in [0.4, 0.5) is 0 Å². The minimum Gasteiger partial charge on any atom is -0.466 e. The third-order valence-electron chi connectivity index (χ3n) is 2.25. The average molecular weight is 276 g/mol. The summed E-state index contributed by atoms with van der Waals surface area (Å²) in [6.45, 7) is 2.29. The number of thiazole rings is 1. The number of carbonyl (C=O) groups excluding carboxylic acids is 1. The molecule has 3 nitrogen and oxygen atoms in total. The van der Waals surface area contributed by atoms with Crippen LogP contribution >= 0.6 is 27.3 Å². The zero-order valence-electron chi connectivity index (χ0n) is 7.70. The van der Waals surface area contributed by atoms with Gasteiger partial charge in [0.25, 0.3) is 0 Å². The van der Waals surface area contributed by atoms with E-state index in [1.165, 1.54) is 0 Å². The molecule has 1 saturated carbocycles. The van der Waals surface area contributed by atoms with E-state index in [1.807, 2.05) is 12.3 Å². The molecule has 0 radical (unpaired) electrons. The summed E-state index contributed by atoms with van der Waals surface area (Å²) < 4.78 is 5.83. The summed E-state index contributed by atoms with van der Waals surface area (Å²) in [5, 5.41) is 1.99. The van der Waals surface area contributed by atoms with E-state index in [4.69, 9.17) is 4.74 Å². The van der Waals surface area contributed by atoms with Crippen molar-refractivity contribution in [3.8, 4) is 0 Å². The average Bonchev–Trinajstić information content (AvgIpc) is 2.84. The molecule has 1 aromatic rings. The largest absolute Gasteiger partial charge is 0.466 e. The van der Waals surface area contributed by atoms with Crippen LogP contribution in [0.5, 0.6) is 0 Å². The molecule has 0 amide bonds. The standard InChI is InChI=1S/C9H10BrNO2S/c1-2-13-8(12)6-3-5(6)7-4-14-9(10)11-7/h4-6H,2-3H2,1H3/t5-,6-/m1/s1. The highest BCUT2D eigenvalue weighted by Crippen LogP contribution is 2.48. The van der Waals surface area contributed by atoms with Crippen molar-refractivity contribution in [2.24, 2.45) is 5.92 Å². The van der Waals surface area contributed by atoms with Crippen LogP contribution in [0.2, 0.25) is 0 Å². The van der Waals surface area contributed by atoms with Gasteiger partial charge in [0.1, 0.15) is 0 Å². The van der Waals surface area contributed by atoms with Gasteiger partial charge >= 0.3 is 5.97 Å². The Labute approximate surface area is 94.6 Å². The highest BCUT2D eigenvalue weighted by Gasteiger charge is 2.46. The van der Waals surface area contributed by atoms with Gasteiger partial charge in [0.15, 0.2) is 3.92 Å². The van der Waals surface area contributed by atoms with Gasteiger partial charge in [-0.1, -0.05) is 0 Å². The van der Waals surface area contributed by atoms with Gasteiger partial charge in [0.05, 0.1) is 18.2 Å². The van der Waals surface area contributed by atoms with Crippen molar-refractivity contribution in [2.45, 2.75) is 19.3 Å². The highest BCUT2D eigenvalue weighted by molar-refractivity contribution is 9.11. The van der Waals surface area contributed by atoms with Crippen LogP contribution in [0.1, 0.15) is 25.0 Å². The Kier molecular flexibility index (Phi) is 2.88. The van der Waals surface area contributed by atoms with Crippen molar-refractivity contribution < 1.29 is 9.53 Å². The predicted molar refractivity (Wildman–Crippen MR) is 57.3 cm³/mol. The maximum atomic E-state index is 11.3. The number of halogens is 1. The molecular weight excluding hydrogens is 266 g/mol. The fourth-order valence-corrected chi connectivity index (χ4v) is 2.55. The number of carbonyl (C=O) groups is 1. The SMILES string of the molecule is CCOC(=O)[C@@H]1C[C@H]1c1csc(Br)n1. The minimum atomic E-state index is -0.0818. The van der Waals surface area contributed by atoms with E-state index in [1.54, 1.807) is 11.3 Å². The number of hydrogen-bond acceptors (Lipinski definition) is 4. The minimum absolute atomic E-state index is 0.0453. The number of nitrogens with zero attached hydrogens (tertiary/aromatic N) is 1. The lowest BCUT2D eigenvalue weighted by Crippen LogP contribution is -2.07. The zero-order chi connectivity index (χ0) is 10.1. The van der Waals surface area contributed by atoms with Crippen LogP contribution < -0.4 is 0 Å². The number of hydrogen-bond donors (Lipinski definition) is 0. The quantitative estimate of drug-likeness (QED) is 0.796. The fraction of sp³-hybridized carbons (Fsp3) is 0.556. The van der Waals surface area contributed by atoms with E-state index in [0.717, 1.165) is 16.0 Å². The number of rotatable bonds is 3. The second-order valence-electron chi connectivity index (χ2n) is 3.23. The molecule has 76 valence electrons.